The van der Waals surface area contributed by atoms with Crippen molar-refractivity contribution >= 4 is 15.9 Å². The molecule has 0 atom stereocenters. The van der Waals surface area contributed by atoms with Gasteiger partial charge in [-0.25, -0.2) is 0 Å². The van der Waals surface area contributed by atoms with Gasteiger partial charge in [-0.1, -0.05) is 33.2 Å². The van der Waals surface area contributed by atoms with Crippen molar-refractivity contribution in [3.05, 3.63) is 40.5 Å². The molecule has 0 radical (unpaired) electrons. The predicted molar refractivity (Wildman–Crippen MR) is 73.2 cm³/mol. The summed E-state index contributed by atoms with van der Waals surface area (Å²) in [6.07, 6.45) is 0. The van der Waals surface area contributed by atoms with Crippen LogP contribution in [0.3, 0.4) is 0 Å². The van der Waals surface area contributed by atoms with E-state index in [0.717, 1.165) is 28.0 Å². The van der Waals surface area contributed by atoms with E-state index in [4.69, 9.17) is 9.26 Å². The SMILES string of the molecule is COCCNCc1cc(-c2ccccc2Br)on1. The van der Waals surface area contributed by atoms with Gasteiger partial charge in [-0.05, 0) is 12.1 Å². The molecule has 0 amide bonds. The third kappa shape index (κ3) is 3.41. The highest BCUT2D eigenvalue weighted by molar-refractivity contribution is 9.10. The summed E-state index contributed by atoms with van der Waals surface area (Å²) in [5.41, 5.74) is 1.89. The minimum Gasteiger partial charge on any atom is -0.383 e. The molecule has 1 N–H and O–H groups in total. The number of benzene rings is 1. The first-order chi connectivity index (χ1) is 8.81. The molecule has 5 heteroatoms. The van der Waals surface area contributed by atoms with Crippen LogP contribution in [0.5, 0.6) is 0 Å². The van der Waals surface area contributed by atoms with Crippen LogP contribution in [0.4, 0.5) is 0 Å². The molecule has 1 heterocycles. The number of hydrogen-bond donors (Lipinski definition) is 1. The van der Waals surface area contributed by atoms with Gasteiger partial charge in [-0.3, -0.25) is 0 Å². The quantitative estimate of drug-likeness (QED) is 0.833. The van der Waals surface area contributed by atoms with Gasteiger partial charge >= 0.3 is 0 Å². The van der Waals surface area contributed by atoms with Crippen LogP contribution in [0.1, 0.15) is 5.69 Å². The smallest absolute Gasteiger partial charge is 0.168 e. The normalized spacial score (nSPS) is 10.8. The molecule has 2 rings (SSSR count). The number of aromatic nitrogens is 1. The summed E-state index contributed by atoms with van der Waals surface area (Å²) in [4.78, 5) is 0. The fourth-order valence-electron chi connectivity index (χ4n) is 1.57. The Morgan fingerprint density at radius 2 is 2.22 bits per heavy atom. The highest BCUT2D eigenvalue weighted by Gasteiger charge is 2.08. The minimum absolute atomic E-state index is 0.678. The Labute approximate surface area is 114 Å². The second kappa shape index (κ2) is 6.68. The fourth-order valence-corrected chi connectivity index (χ4v) is 2.05. The zero-order chi connectivity index (χ0) is 12.8. The maximum absolute atomic E-state index is 5.34. The Morgan fingerprint density at radius 1 is 1.39 bits per heavy atom. The van der Waals surface area contributed by atoms with Crippen molar-refractivity contribution in [2.24, 2.45) is 0 Å². The molecular weight excluding hydrogens is 296 g/mol. The molecule has 0 aliphatic heterocycles. The summed E-state index contributed by atoms with van der Waals surface area (Å²) in [7, 11) is 1.68. The third-order valence-electron chi connectivity index (χ3n) is 2.49. The number of methoxy groups -OCH3 is 1. The Morgan fingerprint density at radius 3 is 3.00 bits per heavy atom. The predicted octanol–water partition coefficient (Wildman–Crippen LogP) is 2.84. The van der Waals surface area contributed by atoms with Crippen molar-refractivity contribution in [2.45, 2.75) is 6.54 Å². The summed E-state index contributed by atoms with van der Waals surface area (Å²) in [5, 5.41) is 7.25. The molecule has 18 heavy (non-hydrogen) atoms. The van der Waals surface area contributed by atoms with Crippen LogP contribution in [0.25, 0.3) is 11.3 Å². The summed E-state index contributed by atoms with van der Waals surface area (Å²) in [6.45, 7) is 2.17. The fraction of sp³-hybridized carbons (Fsp3) is 0.308. The van der Waals surface area contributed by atoms with Crippen molar-refractivity contribution < 1.29 is 9.26 Å². The zero-order valence-electron chi connectivity index (χ0n) is 10.1. The van der Waals surface area contributed by atoms with Crippen LogP contribution >= 0.6 is 15.9 Å². The van der Waals surface area contributed by atoms with Crippen molar-refractivity contribution in [3.63, 3.8) is 0 Å². The van der Waals surface area contributed by atoms with E-state index in [9.17, 15) is 0 Å². The van der Waals surface area contributed by atoms with E-state index in [2.05, 4.69) is 26.4 Å². The third-order valence-corrected chi connectivity index (χ3v) is 3.18. The van der Waals surface area contributed by atoms with Crippen LogP contribution in [-0.4, -0.2) is 25.4 Å². The molecule has 0 bridgehead atoms. The minimum atomic E-state index is 0.678. The van der Waals surface area contributed by atoms with Gasteiger partial charge in [0.05, 0.1) is 12.3 Å². The topological polar surface area (TPSA) is 47.3 Å². The summed E-state index contributed by atoms with van der Waals surface area (Å²) >= 11 is 3.50. The zero-order valence-corrected chi connectivity index (χ0v) is 11.7. The molecule has 1 aromatic heterocycles. The second-order valence-electron chi connectivity index (χ2n) is 3.83. The van der Waals surface area contributed by atoms with Crippen LogP contribution in [0.15, 0.2) is 39.3 Å². The molecule has 0 unspecified atom stereocenters. The van der Waals surface area contributed by atoms with Crippen molar-refractivity contribution in [3.8, 4) is 11.3 Å². The van der Waals surface area contributed by atoms with E-state index in [-0.39, 0.29) is 0 Å². The summed E-state index contributed by atoms with van der Waals surface area (Å²) in [6, 6.07) is 9.86. The molecule has 1 aromatic carbocycles. The molecule has 0 fully saturated rings. The lowest BCUT2D eigenvalue weighted by molar-refractivity contribution is 0.199. The largest absolute Gasteiger partial charge is 0.383 e. The number of ether oxygens (including phenoxy) is 1. The van der Waals surface area contributed by atoms with Gasteiger partial charge in [-0.15, -0.1) is 0 Å². The molecular formula is C13H15BrN2O2. The first-order valence-corrected chi connectivity index (χ1v) is 6.50. The second-order valence-corrected chi connectivity index (χ2v) is 4.69. The monoisotopic (exact) mass is 310 g/mol. The number of nitrogens with zero attached hydrogens (tertiary/aromatic N) is 1. The van der Waals surface area contributed by atoms with Crippen LogP contribution in [0.2, 0.25) is 0 Å². The maximum atomic E-state index is 5.34. The molecule has 0 aliphatic carbocycles. The van der Waals surface area contributed by atoms with Crippen molar-refractivity contribution in [2.75, 3.05) is 20.3 Å². The Balaban J connectivity index is 2.00. The van der Waals surface area contributed by atoms with Crippen LogP contribution in [-0.2, 0) is 11.3 Å². The van der Waals surface area contributed by atoms with Gasteiger partial charge in [0.15, 0.2) is 5.76 Å². The molecule has 0 spiro atoms. The number of halogens is 1. The van der Waals surface area contributed by atoms with Gasteiger partial charge in [-0.2, -0.15) is 0 Å². The number of nitrogens with one attached hydrogen (secondary N) is 1. The van der Waals surface area contributed by atoms with E-state index in [0.29, 0.717) is 13.2 Å². The lowest BCUT2D eigenvalue weighted by atomic mass is 10.1. The van der Waals surface area contributed by atoms with E-state index >= 15 is 0 Å². The lowest BCUT2D eigenvalue weighted by Gasteiger charge is -1.99. The lowest BCUT2D eigenvalue weighted by Crippen LogP contribution is -2.18. The Hall–Kier alpha value is -1.17. The summed E-state index contributed by atoms with van der Waals surface area (Å²) in [5.74, 6) is 0.769. The first-order valence-electron chi connectivity index (χ1n) is 5.71. The standard InChI is InChI=1S/C13H15BrN2O2/c1-17-7-6-15-9-10-8-13(18-16-10)11-4-2-3-5-12(11)14/h2-5,8,15H,6-7,9H2,1H3. The van der Waals surface area contributed by atoms with Crippen molar-refractivity contribution in [1.82, 2.24) is 10.5 Å². The number of hydrogen-bond acceptors (Lipinski definition) is 4. The van der Waals surface area contributed by atoms with Crippen LogP contribution in [0, 0.1) is 0 Å². The van der Waals surface area contributed by atoms with E-state index in [1.165, 1.54) is 0 Å². The van der Waals surface area contributed by atoms with Gasteiger partial charge in [0.2, 0.25) is 0 Å². The van der Waals surface area contributed by atoms with E-state index in [1.54, 1.807) is 7.11 Å². The van der Waals surface area contributed by atoms with Crippen LogP contribution < -0.4 is 5.32 Å². The van der Waals surface area contributed by atoms with Gasteiger partial charge in [0.1, 0.15) is 0 Å². The number of rotatable bonds is 6. The molecule has 0 aliphatic rings. The van der Waals surface area contributed by atoms with Gasteiger partial charge in [0.25, 0.3) is 0 Å². The van der Waals surface area contributed by atoms with Gasteiger partial charge < -0.3 is 14.6 Å². The van der Waals surface area contributed by atoms with Gasteiger partial charge in [0, 0.05) is 36.3 Å². The first kappa shape index (κ1) is 13.3. The van der Waals surface area contributed by atoms with E-state index < -0.39 is 0 Å². The molecule has 2 aromatic rings. The molecule has 0 saturated heterocycles. The van der Waals surface area contributed by atoms with E-state index in [1.807, 2.05) is 30.3 Å². The summed E-state index contributed by atoms with van der Waals surface area (Å²) < 4.78 is 11.3. The maximum Gasteiger partial charge on any atom is 0.168 e. The average molecular weight is 311 g/mol. The average Bonchev–Trinajstić information content (AvgIpc) is 2.84. The molecule has 4 nitrogen and oxygen atoms in total. The highest BCUT2D eigenvalue weighted by Crippen LogP contribution is 2.28. The molecule has 96 valence electrons. The highest BCUT2D eigenvalue weighted by atomic mass is 79.9. The molecule has 0 saturated carbocycles. The Kier molecular flexibility index (Phi) is 4.92. The van der Waals surface area contributed by atoms with Crippen molar-refractivity contribution in [1.29, 1.82) is 0 Å². The Bertz CT molecular complexity index is 499.